The fraction of sp³-hybridized carbons (Fsp3) is 0.538. The van der Waals surface area contributed by atoms with Crippen LogP contribution in [0.5, 0.6) is 0 Å². The molecule has 1 heterocycles. The molecule has 76 valence electrons. The Morgan fingerprint density at radius 1 is 1.36 bits per heavy atom. The summed E-state index contributed by atoms with van der Waals surface area (Å²) in [5, 5.41) is 3.58. The molecule has 1 atom stereocenters. The monoisotopic (exact) mass is 189 g/mol. The van der Waals surface area contributed by atoms with Gasteiger partial charge in [-0.3, -0.25) is 0 Å². The molecule has 14 heavy (non-hydrogen) atoms. The minimum Gasteiger partial charge on any atom is -0.382 e. The second-order valence-electron chi connectivity index (χ2n) is 5.13. The molecule has 1 aliphatic heterocycles. The van der Waals surface area contributed by atoms with Crippen LogP contribution in [0.4, 0.5) is 5.69 Å². The first-order valence-electron chi connectivity index (χ1n) is 5.37. The highest BCUT2D eigenvalue weighted by Crippen LogP contribution is 2.40. The fourth-order valence-corrected chi connectivity index (χ4v) is 2.60. The van der Waals surface area contributed by atoms with E-state index >= 15 is 0 Å². The third-order valence-corrected chi connectivity index (χ3v) is 3.21. The van der Waals surface area contributed by atoms with Crippen molar-refractivity contribution in [3.05, 3.63) is 29.3 Å². The highest BCUT2D eigenvalue weighted by molar-refractivity contribution is 5.62. The van der Waals surface area contributed by atoms with Crippen LogP contribution in [-0.4, -0.2) is 6.04 Å². The third kappa shape index (κ3) is 1.41. The van der Waals surface area contributed by atoms with Gasteiger partial charge in [0.1, 0.15) is 0 Å². The SMILES string of the molecule is Cc1cccc2c1NC(C)CC2(C)C. The fourth-order valence-electron chi connectivity index (χ4n) is 2.60. The molecule has 0 spiro atoms. The summed E-state index contributed by atoms with van der Waals surface area (Å²) in [5.41, 5.74) is 4.50. The van der Waals surface area contributed by atoms with Crippen LogP contribution in [0.25, 0.3) is 0 Å². The van der Waals surface area contributed by atoms with Crippen molar-refractivity contribution in [3.8, 4) is 0 Å². The first kappa shape index (κ1) is 9.57. The average molecular weight is 189 g/mol. The molecule has 2 rings (SSSR count). The maximum absolute atomic E-state index is 3.58. The van der Waals surface area contributed by atoms with Crippen LogP contribution >= 0.6 is 0 Å². The molecule has 0 saturated carbocycles. The molecule has 0 bridgehead atoms. The van der Waals surface area contributed by atoms with Gasteiger partial charge >= 0.3 is 0 Å². The molecule has 0 saturated heterocycles. The summed E-state index contributed by atoms with van der Waals surface area (Å²) in [6, 6.07) is 7.17. The summed E-state index contributed by atoms with van der Waals surface area (Å²) in [7, 11) is 0. The number of nitrogens with one attached hydrogen (secondary N) is 1. The molecule has 1 N–H and O–H groups in total. The maximum Gasteiger partial charge on any atom is 0.0410 e. The Labute approximate surface area is 86.5 Å². The van der Waals surface area contributed by atoms with Gasteiger partial charge in [-0.25, -0.2) is 0 Å². The van der Waals surface area contributed by atoms with Crippen molar-refractivity contribution in [3.63, 3.8) is 0 Å². The molecule has 0 aromatic heterocycles. The Morgan fingerprint density at radius 3 is 2.79 bits per heavy atom. The van der Waals surface area contributed by atoms with Gasteiger partial charge in [-0.2, -0.15) is 0 Å². The lowest BCUT2D eigenvalue weighted by Gasteiger charge is -2.38. The van der Waals surface area contributed by atoms with Gasteiger partial charge in [0.25, 0.3) is 0 Å². The number of aryl methyl sites for hydroxylation is 1. The number of fused-ring (bicyclic) bond motifs is 1. The van der Waals surface area contributed by atoms with Crippen molar-refractivity contribution in [1.82, 2.24) is 0 Å². The number of hydrogen-bond acceptors (Lipinski definition) is 1. The smallest absolute Gasteiger partial charge is 0.0410 e. The van der Waals surface area contributed by atoms with Crippen LogP contribution in [-0.2, 0) is 5.41 Å². The topological polar surface area (TPSA) is 12.0 Å². The van der Waals surface area contributed by atoms with Gasteiger partial charge in [0.05, 0.1) is 0 Å². The zero-order chi connectivity index (χ0) is 10.3. The van der Waals surface area contributed by atoms with Crippen LogP contribution in [0.15, 0.2) is 18.2 Å². The van der Waals surface area contributed by atoms with E-state index in [4.69, 9.17) is 0 Å². The van der Waals surface area contributed by atoms with E-state index in [0.717, 1.165) is 0 Å². The zero-order valence-corrected chi connectivity index (χ0v) is 9.52. The lowest BCUT2D eigenvalue weighted by molar-refractivity contribution is 0.434. The normalized spacial score (nSPS) is 23.9. The van der Waals surface area contributed by atoms with Gasteiger partial charge in [-0.1, -0.05) is 32.0 Å². The largest absolute Gasteiger partial charge is 0.382 e. The van der Waals surface area contributed by atoms with Gasteiger partial charge in [0.15, 0.2) is 0 Å². The number of para-hydroxylation sites is 1. The van der Waals surface area contributed by atoms with Crippen molar-refractivity contribution >= 4 is 5.69 Å². The number of anilines is 1. The Morgan fingerprint density at radius 2 is 2.07 bits per heavy atom. The molecule has 1 nitrogen and oxygen atoms in total. The molecule has 0 fully saturated rings. The van der Waals surface area contributed by atoms with Crippen LogP contribution in [0.1, 0.15) is 38.3 Å². The predicted octanol–water partition coefficient (Wildman–Crippen LogP) is 3.48. The highest BCUT2D eigenvalue weighted by atomic mass is 14.9. The molecule has 1 aromatic rings. The van der Waals surface area contributed by atoms with Gasteiger partial charge < -0.3 is 5.32 Å². The van der Waals surface area contributed by atoms with E-state index in [1.807, 2.05) is 0 Å². The molecule has 0 radical (unpaired) electrons. The van der Waals surface area contributed by atoms with E-state index in [-0.39, 0.29) is 0 Å². The van der Waals surface area contributed by atoms with Crippen LogP contribution in [0, 0.1) is 6.92 Å². The number of rotatable bonds is 0. The van der Waals surface area contributed by atoms with Gasteiger partial charge in [-0.15, -0.1) is 0 Å². The van der Waals surface area contributed by atoms with Crippen molar-refractivity contribution in [2.45, 2.75) is 45.6 Å². The van der Waals surface area contributed by atoms with Crippen LogP contribution < -0.4 is 5.32 Å². The first-order chi connectivity index (χ1) is 6.50. The Hall–Kier alpha value is -0.980. The summed E-state index contributed by atoms with van der Waals surface area (Å²) in [4.78, 5) is 0. The second kappa shape index (κ2) is 3.01. The Bertz CT molecular complexity index is 352. The summed E-state index contributed by atoms with van der Waals surface area (Å²) in [6.07, 6.45) is 1.21. The molecule has 1 aromatic carbocycles. The minimum absolute atomic E-state index is 0.312. The molecular weight excluding hydrogens is 170 g/mol. The minimum atomic E-state index is 0.312. The Kier molecular flexibility index (Phi) is 2.06. The van der Waals surface area contributed by atoms with E-state index < -0.39 is 0 Å². The van der Waals surface area contributed by atoms with Crippen molar-refractivity contribution in [2.24, 2.45) is 0 Å². The molecule has 0 amide bonds. The summed E-state index contributed by atoms with van der Waals surface area (Å²) < 4.78 is 0. The summed E-state index contributed by atoms with van der Waals surface area (Å²) in [6.45, 7) is 9.11. The quantitative estimate of drug-likeness (QED) is 0.659. The van der Waals surface area contributed by atoms with E-state index in [1.165, 1.54) is 23.2 Å². The average Bonchev–Trinajstić information content (AvgIpc) is 2.05. The first-order valence-corrected chi connectivity index (χ1v) is 5.37. The van der Waals surface area contributed by atoms with E-state index in [2.05, 4.69) is 51.2 Å². The molecule has 1 heteroatoms. The van der Waals surface area contributed by atoms with Crippen LogP contribution in [0.3, 0.4) is 0 Å². The standard InChI is InChI=1S/C13H19N/c1-9-6-5-7-11-12(9)14-10(2)8-13(11,3)4/h5-7,10,14H,8H2,1-4H3. The van der Waals surface area contributed by atoms with E-state index in [1.54, 1.807) is 0 Å². The third-order valence-electron chi connectivity index (χ3n) is 3.21. The van der Waals surface area contributed by atoms with Gasteiger partial charge in [0.2, 0.25) is 0 Å². The lowest BCUT2D eigenvalue weighted by Crippen LogP contribution is -2.34. The highest BCUT2D eigenvalue weighted by Gasteiger charge is 2.31. The molecule has 1 unspecified atom stereocenters. The Balaban J connectivity index is 2.57. The predicted molar refractivity (Wildman–Crippen MR) is 61.9 cm³/mol. The van der Waals surface area contributed by atoms with Crippen molar-refractivity contribution in [2.75, 3.05) is 5.32 Å². The maximum atomic E-state index is 3.58. The lowest BCUT2D eigenvalue weighted by atomic mass is 9.75. The molecular formula is C13H19N. The van der Waals surface area contributed by atoms with E-state index in [0.29, 0.717) is 11.5 Å². The van der Waals surface area contributed by atoms with E-state index in [9.17, 15) is 0 Å². The van der Waals surface area contributed by atoms with Gasteiger partial charge in [0, 0.05) is 11.7 Å². The number of benzene rings is 1. The van der Waals surface area contributed by atoms with Crippen LogP contribution in [0.2, 0.25) is 0 Å². The van der Waals surface area contributed by atoms with Crippen molar-refractivity contribution < 1.29 is 0 Å². The molecule has 1 aliphatic rings. The zero-order valence-electron chi connectivity index (χ0n) is 9.52. The van der Waals surface area contributed by atoms with Gasteiger partial charge in [-0.05, 0) is 36.8 Å². The second-order valence-corrected chi connectivity index (χ2v) is 5.13. The van der Waals surface area contributed by atoms with Crippen molar-refractivity contribution in [1.29, 1.82) is 0 Å². The summed E-state index contributed by atoms with van der Waals surface area (Å²) >= 11 is 0. The number of hydrogen-bond donors (Lipinski definition) is 1. The molecule has 0 aliphatic carbocycles. The summed E-state index contributed by atoms with van der Waals surface area (Å²) in [5.74, 6) is 0.